The number of carbonyl (C=O) groups excluding carboxylic acids is 1. The van der Waals surface area contributed by atoms with Gasteiger partial charge in [-0.15, -0.1) is 23.5 Å². The maximum atomic E-state index is 13.1. The van der Waals surface area contributed by atoms with E-state index in [-0.39, 0.29) is 0 Å². The number of benzene rings is 2. The van der Waals surface area contributed by atoms with Gasteiger partial charge in [0.1, 0.15) is 5.04 Å². The van der Waals surface area contributed by atoms with Crippen LogP contribution in [0, 0.1) is 11.3 Å². The number of carbonyl (C=O) groups is 1. The van der Waals surface area contributed by atoms with Gasteiger partial charge in [-0.3, -0.25) is 4.79 Å². The zero-order valence-corrected chi connectivity index (χ0v) is 17.9. The molecule has 6 heteroatoms. The minimum atomic E-state index is -1.49. The van der Waals surface area contributed by atoms with E-state index in [1.165, 1.54) is 11.8 Å². The minimum Gasteiger partial charge on any atom is -0.270 e. The number of rotatable bonds is 4. The lowest BCUT2D eigenvalue weighted by Crippen LogP contribution is -2.43. The highest BCUT2D eigenvalue weighted by Crippen LogP contribution is 2.35. The Morgan fingerprint density at radius 3 is 2.11 bits per heavy atom. The van der Waals surface area contributed by atoms with Gasteiger partial charge in [0.2, 0.25) is 5.41 Å². The van der Waals surface area contributed by atoms with Crippen molar-refractivity contribution in [2.45, 2.75) is 30.1 Å². The topological polar surface area (TPSA) is 65.6 Å². The molecule has 1 aliphatic rings. The smallest absolute Gasteiger partial charge is 0.270 e. The van der Waals surface area contributed by atoms with Gasteiger partial charge >= 0.3 is 0 Å². The largest absolute Gasteiger partial charge is 0.279 e. The molecule has 2 aromatic carbocycles. The third-order valence-electron chi connectivity index (χ3n) is 4.78. The maximum Gasteiger partial charge on any atom is 0.279 e. The summed E-state index contributed by atoms with van der Waals surface area (Å²) in [5.74, 6) is 0.235. The molecule has 1 amide bonds. The molecule has 1 atom stereocenters. The zero-order valence-electron chi connectivity index (χ0n) is 16.3. The predicted octanol–water partition coefficient (Wildman–Crippen LogP) is 5.04. The van der Waals surface area contributed by atoms with Crippen LogP contribution in [0.3, 0.4) is 0 Å². The molecule has 0 radical (unpaired) electrons. The van der Waals surface area contributed by atoms with E-state index in [1.54, 1.807) is 11.8 Å². The van der Waals surface area contributed by atoms with Gasteiger partial charge in [0.25, 0.3) is 5.91 Å². The second-order valence-corrected chi connectivity index (χ2v) is 8.40. The monoisotopic (exact) mass is 407 g/mol. The summed E-state index contributed by atoms with van der Waals surface area (Å²) in [6.45, 7) is 4.21. The fraction of sp³-hybridized carbons (Fsp3) is 0.273. The molecule has 1 unspecified atom stereocenters. The second-order valence-electron chi connectivity index (χ2n) is 6.73. The second kappa shape index (κ2) is 8.34. The molecule has 1 aliphatic heterocycles. The summed E-state index contributed by atoms with van der Waals surface area (Å²) in [6, 6.07) is 17.6. The highest BCUT2D eigenvalue weighted by Gasteiger charge is 2.48. The van der Waals surface area contributed by atoms with E-state index >= 15 is 0 Å². The van der Waals surface area contributed by atoms with Crippen LogP contribution in [-0.4, -0.2) is 29.3 Å². The van der Waals surface area contributed by atoms with Crippen LogP contribution >= 0.6 is 23.5 Å². The summed E-state index contributed by atoms with van der Waals surface area (Å²) in [6.07, 6.45) is 3.84. The Bertz CT molecular complexity index is 986. The first kappa shape index (κ1) is 20.4. The molecule has 0 fully saturated rings. The van der Waals surface area contributed by atoms with Crippen LogP contribution in [0.4, 0.5) is 0 Å². The van der Waals surface area contributed by atoms with Gasteiger partial charge < -0.3 is 0 Å². The first-order valence-electron chi connectivity index (χ1n) is 8.88. The number of nitriles is 1. The molecular weight excluding hydrogens is 386 g/mol. The van der Waals surface area contributed by atoms with Crippen molar-refractivity contribution in [3.8, 4) is 6.07 Å². The lowest BCUT2D eigenvalue weighted by atomic mass is 9.80. The number of thioether (sulfide) groups is 2. The van der Waals surface area contributed by atoms with Crippen molar-refractivity contribution in [2.24, 2.45) is 9.98 Å². The third kappa shape index (κ3) is 3.52. The molecule has 3 rings (SSSR count). The van der Waals surface area contributed by atoms with Gasteiger partial charge in [0.15, 0.2) is 5.84 Å². The van der Waals surface area contributed by atoms with Crippen molar-refractivity contribution in [3.63, 3.8) is 0 Å². The third-order valence-corrected chi connectivity index (χ3v) is 6.30. The average Bonchev–Trinajstić information content (AvgIpc) is 2.73. The Morgan fingerprint density at radius 1 is 0.964 bits per heavy atom. The maximum absolute atomic E-state index is 13.1. The van der Waals surface area contributed by atoms with Crippen molar-refractivity contribution in [3.05, 3.63) is 65.2 Å². The minimum absolute atomic E-state index is 0.353. The van der Waals surface area contributed by atoms with Gasteiger partial charge in [-0.25, -0.2) is 4.99 Å². The molecule has 0 bridgehead atoms. The van der Waals surface area contributed by atoms with Crippen LogP contribution < -0.4 is 0 Å². The molecule has 1 heterocycles. The van der Waals surface area contributed by atoms with Gasteiger partial charge in [-0.1, -0.05) is 50.2 Å². The van der Waals surface area contributed by atoms with Crippen molar-refractivity contribution in [1.82, 2.24) is 0 Å². The van der Waals surface area contributed by atoms with E-state index in [9.17, 15) is 10.1 Å². The molecule has 0 N–H and O–H groups in total. The number of amides is 1. The molecule has 4 nitrogen and oxygen atoms in total. The summed E-state index contributed by atoms with van der Waals surface area (Å²) in [5, 5.41) is 10.5. The standard InChI is InChI=1S/C22H21N3OS2/c1-14(2)15-5-9-17(10-6-15)22(13-23)20(26)24-19(25-21(22)28-4)16-7-11-18(27-3)12-8-16/h5-12,14H,1-4H3. The molecule has 0 saturated carbocycles. The fourth-order valence-corrected chi connectivity index (χ4v) is 4.21. The van der Waals surface area contributed by atoms with Gasteiger partial charge in [-0.2, -0.15) is 10.3 Å². The Hall–Kier alpha value is -2.36. The average molecular weight is 408 g/mol. The van der Waals surface area contributed by atoms with E-state index in [0.717, 1.165) is 16.0 Å². The van der Waals surface area contributed by atoms with E-state index in [1.807, 2.05) is 61.0 Å². The summed E-state index contributed by atoms with van der Waals surface area (Å²) in [4.78, 5) is 23.1. The van der Waals surface area contributed by atoms with Gasteiger partial charge in [0.05, 0.1) is 6.07 Å². The molecule has 0 saturated heterocycles. The number of hydrogen-bond acceptors (Lipinski definition) is 5. The van der Waals surface area contributed by atoms with Crippen LogP contribution in [0.25, 0.3) is 0 Å². The normalized spacial score (nSPS) is 19.2. The number of aliphatic imine (C=N–C) groups is 2. The van der Waals surface area contributed by atoms with Gasteiger partial charge in [0, 0.05) is 10.5 Å². The summed E-state index contributed by atoms with van der Waals surface area (Å²) in [7, 11) is 0. The van der Waals surface area contributed by atoms with Crippen molar-refractivity contribution in [1.29, 1.82) is 5.26 Å². The van der Waals surface area contributed by atoms with Crippen LogP contribution in [0.2, 0.25) is 0 Å². The molecular formula is C22H21N3OS2. The summed E-state index contributed by atoms with van der Waals surface area (Å²) >= 11 is 2.96. The Labute approximate surface area is 174 Å². The van der Waals surface area contributed by atoms with Crippen molar-refractivity contribution >= 4 is 40.3 Å². The molecule has 142 valence electrons. The highest BCUT2D eigenvalue weighted by molar-refractivity contribution is 8.13. The number of nitrogens with zero attached hydrogens (tertiary/aromatic N) is 3. The molecule has 0 aliphatic carbocycles. The first-order valence-corrected chi connectivity index (χ1v) is 11.3. The summed E-state index contributed by atoms with van der Waals surface area (Å²) in [5.41, 5.74) is 1.04. The van der Waals surface area contributed by atoms with Crippen molar-refractivity contribution < 1.29 is 4.79 Å². The van der Waals surface area contributed by atoms with E-state index in [0.29, 0.717) is 22.4 Å². The van der Waals surface area contributed by atoms with Crippen LogP contribution in [0.15, 0.2) is 63.4 Å². The first-order chi connectivity index (χ1) is 13.5. The van der Waals surface area contributed by atoms with Crippen LogP contribution in [0.1, 0.15) is 36.5 Å². The SMILES string of the molecule is CSC1=NC(c2ccc(SC)cc2)=NC(=O)C1(C#N)c1ccc(C(C)C)cc1. The van der Waals surface area contributed by atoms with Crippen LogP contribution in [-0.2, 0) is 10.2 Å². The molecule has 28 heavy (non-hydrogen) atoms. The van der Waals surface area contributed by atoms with Gasteiger partial charge in [-0.05, 0) is 41.7 Å². The van der Waals surface area contributed by atoms with E-state index in [2.05, 4.69) is 29.9 Å². The predicted molar refractivity (Wildman–Crippen MR) is 119 cm³/mol. The van der Waals surface area contributed by atoms with Crippen molar-refractivity contribution in [2.75, 3.05) is 12.5 Å². The Morgan fingerprint density at radius 2 is 1.61 bits per heavy atom. The molecule has 0 spiro atoms. The Kier molecular flexibility index (Phi) is 6.07. The molecule has 2 aromatic rings. The lowest BCUT2D eigenvalue weighted by molar-refractivity contribution is -0.119. The van der Waals surface area contributed by atoms with E-state index in [4.69, 9.17) is 0 Å². The number of hydrogen-bond donors (Lipinski definition) is 0. The number of amidine groups is 1. The quantitative estimate of drug-likeness (QED) is 0.666. The highest BCUT2D eigenvalue weighted by atomic mass is 32.2. The van der Waals surface area contributed by atoms with Crippen LogP contribution in [0.5, 0.6) is 0 Å². The Balaban J connectivity index is 2.07. The molecule has 0 aromatic heterocycles. The summed E-state index contributed by atoms with van der Waals surface area (Å²) < 4.78 is 0. The fourth-order valence-electron chi connectivity index (χ4n) is 3.07. The van der Waals surface area contributed by atoms with E-state index < -0.39 is 11.3 Å². The zero-order chi connectivity index (χ0) is 20.3. The lowest BCUT2D eigenvalue weighted by Gasteiger charge is -2.28.